The Kier molecular flexibility index (Phi) is 5.07. The monoisotopic (exact) mass is 453 g/mol. The number of halogens is 1. The van der Waals surface area contributed by atoms with Crippen LogP contribution in [-0.4, -0.2) is 16.4 Å². The largest absolute Gasteiger partial charge is 0.473 e. The molecule has 3 heteroatoms. The summed E-state index contributed by atoms with van der Waals surface area (Å²) < 4.78 is 7.18. The van der Waals surface area contributed by atoms with E-state index >= 15 is 0 Å². The molecule has 26 heavy (non-hydrogen) atoms. The molecule has 4 rings (SSSR count). The Morgan fingerprint density at radius 3 is 1.81 bits per heavy atom. The molecule has 2 nitrogen and oxygen atoms in total. The molecule has 1 heterocycles. The lowest BCUT2D eigenvalue weighted by Crippen LogP contribution is -2.39. The second-order valence-corrected chi connectivity index (χ2v) is 7.35. The Bertz CT molecular complexity index is 838. The smallest absolute Gasteiger partial charge is 0.217 e. The van der Waals surface area contributed by atoms with Crippen molar-refractivity contribution in [3.05, 3.63) is 108 Å². The van der Waals surface area contributed by atoms with E-state index in [0.717, 1.165) is 22.3 Å². The number of hydrogen-bond acceptors (Lipinski definition) is 2. The molecule has 1 aliphatic rings. The summed E-state index contributed by atoms with van der Waals surface area (Å²) in [6, 6.07) is 31.4. The van der Waals surface area contributed by atoms with Gasteiger partial charge in [0.25, 0.3) is 0 Å². The Morgan fingerprint density at radius 2 is 1.31 bits per heavy atom. The zero-order valence-corrected chi connectivity index (χ0v) is 16.5. The van der Waals surface area contributed by atoms with E-state index in [1.54, 1.807) is 0 Å². The highest BCUT2D eigenvalue weighted by Gasteiger charge is 2.41. The first-order chi connectivity index (χ1) is 12.8. The fraction of sp³-hybridized carbons (Fsp3) is 0.174. The maximum atomic E-state index is 6.26. The van der Waals surface area contributed by atoms with Gasteiger partial charge in [-0.25, -0.2) is 4.99 Å². The topological polar surface area (TPSA) is 21.6 Å². The lowest BCUT2D eigenvalue weighted by atomic mass is 9.78. The maximum absolute atomic E-state index is 6.26. The van der Waals surface area contributed by atoms with Gasteiger partial charge in [0, 0.05) is 16.4 Å². The highest BCUT2D eigenvalue weighted by molar-refractivity contribution is 14.1. The van der Waals surface area contributed by atoms with Gasteiger partial charge in [0.15, 0.2) is 0 Å². The minimum Gasteiger partial charge on any atom is -0.473 e. The Balaban J connectivity index is 1.94. The molecule has 0 amide bonds. The molecule has 0 aliphatic carbocycles. The third-order valence-corrected chi connectivity index (χ3v) is 5.77. The van der Waals surface area contributed by atoms with E-state index in [0.29, 0.717) is 0 Å². The Morgan fingerprint density at radius 1 is 0.808 bits per heavy atom. The van der Waals surface area contributed by atoms with Gasteiger partial charge in [0.05, 0.1) is 0 Å². The van der Waals surface area contributed by atoms with Crippen molar-refractivity contribution in [2.75, 3.05) is 4.43 Å². The molecule has 3 aromatic rings. The van der Waals surface area contributed by atoms with Gasteiger partial charge < -0.3 is 4.74 Å². The van der Waals surface area contributed by atoms with Crippen molar-refractivity contribution in [3.8, 4) is 0 Å². The van der Waals surface area contributed by atoms with Gasteiger partial charge in [0.1, 0.15) is 11.6 Å². The Hall–Kier alpha value is -2.14. The van der Waals surface area contributed by atoms with Crippen LogP contribution in [0.3, 0.4) is 0 Å². The fourth-order valence-electron chi connectivity index (χ4n) is 3.53. The van der Waals surface area contributed by atoms with Gasteiger partial charge in [-0.3, -0.25) is 0 Å². The molecule has 3 aromatic carbocycles. The lowest BCUT2D eigenvalue weighted by molar-refractivity contribution is 0.153. The minimum absolute atomic E-state index is 0.115. The van der Waals surface area contributed by atoms with Crippen molar-refractivity contribution >= 4 is 28.5 Å². The van der Waals surface area contributed by atoms with Gasteiger partial charge in [-0.05, 0) is 23.3 Å². The van der Waals surface area contributed by atoms with Gasteiger partial charge in [-0.2, -0.15) is 0 Å². The quantitative estimate of drug-likeness (QED) is 0.372. The summed E-state index contributed by atoms with van der Waals surface area (Å²) in [7, 11) is 0. The zero-order valence-electron chi connectivity index (χ0n) is 14.4. The SMILES string of the molecule is ICC1CC(c2ccccc2)(c2ccccc2)N=C(c2ccccc2)O1. The zero-order chi connectivity index (χ0) is 17.8. The number of aliphatic imine (C=N–C) groups is 1. The first-order valence-corrected chi connectivity index (χ1v) is 10.3. The average molecular weight is 453 g/mol. The van der Waals surface area contributed by atoms with Crippen LogP contribution in [0.2, 0.25) is 0 Å². The van der Waals surface area contributed by atoms with E-state index in [2.05, 4.69) is 95.4 Å². The van der Waals surface area contributed by atoms with E-state index < -0.39 is 5.54 Å². The summed E-state index contributed by atoms with van der Waals surface area (Å²) in [5.74, 6) is 0.728. The molecule has 0 bridgehead atoms. The predicted molar refractivity (Wildman–Crippen MR) is 115 cm³/mol. The van der Waals surface area contributed by atoms with Gasteiger partial charge >= 0.3 is 0 Å². The minimum atomic E-state index is -0.429. The summed E-state index contributed by atoms with van der Waals surface area (Å²) in [5.41, 5.74) is 3.01. The van der Waals surface area contributed by atoms with Crippen molar-refractivity contribution in [2.45, 2.75) is 18.1 Å². The molecule has 0 N–H and O–H groups in total. The summed E-state index contributed by atoms with van der Waals surface area (Å²) in [4.78, 5) is 5.21. The number of benzene rings is 3. The van der Waals surface area contributed by atoms with E-state index in [1.807, 2.05) is 18.2 Å². The summed E-state index contributed by atoms with van der Waals surface area (Å²) in [6.45, 7) is 0. The van der Waals surface area contributed by atoms with Gasteiger partial charge in [0.2, 0.25) is 5.90 Å². The van der Waals surface area contributed by atoms with Crippen molar-refractivity contribution in [2.24, 2.45) is 4.99 Å². The van der Waals surface area contributed by atoms with E-state index in [9.17, 15) is 0 Å². The molecule has 0 saturated carbocycles. The normalized spacial score (nSPS) is 18.7. The lowest BCUT2D eigenvalue weighted by Gasteiger charge is -2.39. The van der Waals surface area contributed by atoms with E-state index in [1.165, 1.54) is 11.1 Å². The van der Waals surface area contributed by atoms with Crippen LogP contribution in [0.15, 0.2) is 96.0 Å². The molecule has 130 valence electrons. The number of nitrogens with zero attached hydrogens (tertiary/aromatic N) is 1. The fourth-order valence-corrected chi connectivity index (χ4v) is 4.02. The van der Waals surface area contributed by atoms with Crippen LogP contribution in [0.1, 0.15) is 23.1 Å². The molecule has 0 saturated heterocycles. The summed E-state index contributed by atoms with van der Waals surface area (Å²) >= 11 is 2.41. The van der Waals surface area contributed by atoms with Crippen molar-refractivity contribution in [3.63, 3.8) is 0 Å². The predicted octanol–water partition coefficient (Wildman–Crippen LogP) is 5.60. The number of rotatable bonds is 4. The first kappa shape index (κ1) is 17.3. The first-order valence-electron chi connectivity index (χ1n) is 8.81. The highest BCUT2D eigenvalue weighted by atomic mass is 127. The van der Waals surface area contributed by atoms with Crippen LogP contribution in [0.25, 0.3) is 0 Å². The van der Waals surface area contributed by atoms with Gasteiger partial charge in [-0.1, -0.05) is 101 Å². The Labute approximate surface area is 168 Å². The average Bonchev–Trinajstić information content (AvgIpc) is 2.75. The van der Waals surface area contributed by atoms with Crippen LogP contribution in [0.5, 0.6) is 0 Å². The maximum Gasteiger partial charge on any atom is 0.217 e. The molecule has 0 radical (unpaired) electrons. The van der Waals surface area contributed by atoms with Gasteiger partial charge in [-0.15, -0.1) is 0 Å². The van der Waals surface area contributed by atoms with Crippen molar-refractivity contribution in [1.29, 1.82) is 0 Å². The third kappa shape index (κ3) is 3.28. The van der Waals surface area contributed by atoms with Crippen LogP contribution in [-0.2, 0) is 10.3 Å². The highest BCUT2D eigenvalue weighted by Crippen LogP contribution is 2.42. The molecule has 0 spiro atoms. The second kappa shape index (κ2) is 7.62. The molecule has 1 atom stereocenters. The molecule has 1 unspecified atom stereocenters. The van der Waals surface area contributed by atoms with Crippen LogP contribution in [0.4, 0.5) is 0 Å². The number of ether oxygens (including phenoxy) is 1. The number of alkyl halides is 1. The molecule has 1 aliphatic heterocycles. The third-order valence-electron chi connectivity index (χ3n) is 4.79. The summed E-state index contributed by atoms with van der Waals surface area (Å²) in [5, 5.41) is 0. The van der Waals surface area contributed by atoms with E-state index in [-0.39, 0.29) is 6.10 Å². The molecular weight excluding hydrogens is 433 g/mol. The molecular formula is C23H20INO. The van der Waals surface area contributed by atoms with Crippen LogP contribution < -0.4 is 0 Å². The standard InChI is InChI=1S/C23H20INO/c24-17-21-16-23(19-12-6-2-7-13-19,20-14-8-3-9-15-20)25-22(26-21)18-10-4-1-5-11-18/h1-15,21H,16-17H2. The summed E-state index contributed by atoms with van der Waals surface area (Å²) in [6.07, 6.45) is 0.948. The molecule has 0 aromatic heterocycles. The van der Waals surface area contributed by atoms with E-state index in [4.69, 9.17) is 9.73 Å². The number of hydrogen-bond donors (Lipinski definition) is 0. The van der Waals surface area contributed by atoms with Crippen LogP contribution in [0, 0.1) is 0 Å². The second-order valence-electron chi connectivity index (χ2n) is 6.47. The van der Waals surface area contributed by atoms with Crippen molar-refractivity contribution < 1.29 is 4.74 Å². The molecule has 0 fully saturated rings. The van der Waals surface area contributed by atoms with Crippen LogP contribution >= 0.6 is 22.6 Å². The van der Waals surface area contributed by atoms with Crippen molar-refractivity contribution in [1.82, 2.24) is 0 Å².